The molecular formula is C16H16F3N3. The number of hydrogen-bond donors (Lipinski definition) is 0. The van der Waals surface area contributed by atoms with Crippen LogP contribution in [0.25, 0.3) is 0 Å². The molecule has 1 unspecified atom stereocenters. The Hall–Kier alpha value is -2.11. The van der Waals surface area contributed by atoms with Gasteiger partial charge in [-0.25, -0.2) is 9.97 Å². The molecule has 116 valence electrons. The van der Waals surface area contributed by atoms with Crippen molar-refractivity contribution in [2.75, 3.05) is 11.4 Å². The van der Waals surface area contributed by atoms with Gasteiger partial charge in [0.05, 0.1) is 6.04 Å². The van der Waals surface area contributed by atoms with Crippen molar-refractivity contribution in [3.63, 3.8) is 0 Å². The SMILES string of the molecule is FC(F)(F)c1ccnc(N2CCCCC2c2ccccc2)n1. The van der Waals surface area contributed by atoms with Crippen molar-refractivity contribution < 1.29 is 13.2 Å². The van der Waals surface area contributed by atoms with Crippen LogP contribution in [0.4, 0.5) is 19.1 Å². The molecule has 1 aliphatic heterocycles. The second-order valence-electron chi connectivity index (χ2n) is 5.36. The molecule has 1 aromatic carbocycles. The van der Waals surface area contributed by atoms with Crippen LogP contribution >= 0.6 is 0 Å². The highest BCUT2D eigenvalue weighted by atomic mass is 19.4. The summed E-state index contributed by atoms with van der Waals surface area (Å²) in [5, 5.41) is 0. The van der Waals surface area contributed by atoms with E-state index < -0.39 is 11.9 Å². The molecule has 22 heavy (non-hydrogen) atoms. The van der Waals surface area contributed by atoms with Crippen LogP contribution in [0.5, 0.6) is 0 Å². The fourth-order valence-corrected chi connectivity index (χ4v) is 2.84. The molecule has 1 saturated heterocycles. The molecule has 0 radical (unpaired) electrons. The van der Waals surface area contributed by atoms with Crippen molar-refractivity contribution in [3.05, 3.63) is 53.9 Å². The molecule has 1 atom stereocenters. The molecule has 6 heteroatoms. The van der Waals surface area contributed by atoms with E-state index in [1.165, 1.54) is 6.20 Å². The van der Waals surface area contributed by atoms with Gasteiger partial charge in [-0.05, 0) is 30.9 Å². The Labute approximate surface area is 126 Å². The number of rotatable bonds is 2. The summed E-state index contributed by atoms with van der Waals surface area (Å²) in [7, 11) is 0. The molecule has 1 fully saturated rings. The maximum Gasteiger partial charge on any atom is 0.433 e. The molecule has 0 saturated carbocycles. The van der Waals surface area contributed by atoms with Gasteiger partial charge in [0.15, 0.2) is 0 Å². The summed E-state index contributed by atoms with van der Waals surface area (Å²) >= 11 is 0. The predicted molar refractivity (Wildman–Crippen MR) is 77.4 cm³/mol. The molecular weight excluding hydrogens is 291 g/mol. The first-order valence-corrected chi connectivity index (χ1v) is 7.27. The lowest BCUT2D eigenvalue weighted by Crippen LogP contribution is -2.35. The highest BCUT2D eigenvalue weighted by molar-refractivity contribution is 5.38. The second-order valence-corrected chi connectivity index (χ2v) is 5.36. The fourth-order valence-electron chi connectivity index (χ4n) is 2.84. The number of hydrogen-bond acceptors (Lipinski definition) is 3. The van der Waals surface area contributed by atoms with Crippen molar-refractivity contribution in [3.8, 4) is 0 Å². The average Bonchev–Trinajstić information content (AvgIpc) is 2.55. The van der Waals surface area contributed by atoms with E-state index >= 15 is 0 Å². The molecule has 0 N–H and O–H groups in total. The van der Waals surface area contributed by atoms with Crippen LogP contribution in [0.2, 0.25) is 0 Å². The minimum atomic E-state index is -4.45. The van der Waals surface area contributed by atoms with E-state index in [0.29, 0.717) is 6.54 Å². The number of aromatic nitrogens is 2. The molecule has 0 aliphatic carbocycles. The maximum atomic E-state index is 12.8. The molecule has 0 bridgehead atoms. The average molecular weight is 307 g/mol. The summed E-state index contributed by atoms with van der Waals surface area (Å²) in [4.78, 5) is 9.68. The summed E-state index contributed by atoms with van der Waals surface area (Å²) in [5.41, 5.74) is 0.193. The molecule has 0 amide bonds. The van der Waals surface area contributed by atoms with Gasteiger partial charge in [-0.1, -0.05) is 30.3 Å². The first-order chi connectivity index (χ1) is 10.6. The highest BCUT2D eigenvalue weighted by Gasteiger charge is 2.34. The van der Waals surface area contributed by atoms with Crippen molar-refractivity contribution in [2.45, 2.75) is 31.5 Å². The molecule has 1 aliphatic rings. The number of piperidine rings is 1. The summed E-state index contributed by atoms with van der Waals surface area (Å²) in [6.45, 7) is 0.668. The van der Waals surface area contributed by atoms with Crippen LogP contribution in [-0.4, -0.2) is 16.5 Å². The van der Waals surface area contributed by atoms with Gasteiger partial charge in [0.2, 0.25) is 5.95 Å². The zero-order valence-electron chi connectivity index (χ0n) is 11.9. The van der Waals surface area contributed by atoms with Crippen LogP contribution in [0.3, 0.4) is 0 Å². The van der Waals surface area contributed by atoms with Gasteiger partial charge in [-0.15, -0.1) is 0 Å². The number of nitrogens with zero attached hydrogens (tertiary/aromatic N) is 3. The normalized spacial score (nSPS) is 19.2. The summed E-state index contributed by atoms with van der Waals surface area (Å²) in [5.74, 6) is 0.156. The van der Waals surface area contributed by atoms with Gasteiger partial charge in [0.25, 0.3) is 0 Å². The first kappa shape index (κ1) is 14.8. The molecule has 2 heterocycles. The Kier molecular flexibility index (Phi) is 4.00. The van der Waals surface area contributed by atoms with E-state index in [1.807, 2.05) is 35.2 Å². The largest absolute Gasteiger partial charge is 0.433 e. The van der Waals surface area contributed by atoms with Crippen molar-refractivity contribution in [1.82, 2.24) is 9.97 Å². The van der Waals surface area contributed by atoms with Crippen molar-refractivity contribution in [1.29, 1.82) is 0 Å². The molecule has 3 nitrogen and oxygen atoms in total. The van der Waals surface area contributed by atoms with Gasteiger partial charge in [0.1, 0.15) is 5.69 Å². The molecule has 2 aromatic rings. The third kappa shape index (κ3) is 3.05. The fraction of sp³-hybridized carbons (Fsp3) is 0.375. The number of anilines is 1. The van der Waals surface area contributed by atoms with E-state index in [9.17, 15) is 13.2 Å². The predicted octanol–water partition coefficient (Wildman–Crippen LogP) is 4.23. The monoisotopic (exact) mass is 307 g/mol. The first-order valence-electron chi connectivity index (χ1n) is 7.27. The number of benzene rings is 1. The lowest BCUT2D eigenvalue weighted by Gasteiger charge is -2.36. The van der Waals surface area contributed by atoms with E-state index in [0.717, 1.165) is 30.9 Å². The van der Waals surface area contributed by atoms with Crippen LogP contribution in [0, 0.1) is 0 Å². The lowest BCUT2D eigenvalue weighted by atomic mass is 9.95. The minimum Gasteiger partial charge on any atom is -0.334 e. The Morgan fingerprint density at radius 2 is 1.82 bits per heavy atom. The number of alkyl halides is 3. The maximum absolute atomic E-state index is 12.8. The van der Waals surface area contributed by atoms with Gasteiger partial charge in [-0.3, -0.25) is 0 Å². The van der Waals surface area contributed by atoms with E-state index in [4.69, 9.17) is 0 Å². The van der Waals surface area contributed by atoms with Crippen molar-refractivity contribution in [2.24, 2.45) is 0 Å². The molecule has 1 aromatic heterocycles. The zero-order chi connectivity index (χ0) is 15.6. The van der Waals surface area contributed by atoms with Crippen LogP contribution in [0.1, 0.15) is 36.6 Å². The standard InChI is InChI=1S/C16H16F3N3/c17-16(18,19)14-9-10-20-15(21-14)22-11-5-4-8-13(22)12-6-2-1-3-7-12/h1-3,6-7,9-10,13H,4-5,8,11H2. The highest BCUT2D eigenvalue weighted by Crippen LogP contribution is 2.34. The Balaban J connectivity index is 1.94. The van der Waals surface area contributed by atoms with Crippen LogP contribution in [-0.2, 0) is 6.18 Å². The summed E-state index contributed by atoms with van der Waals surface area (Å²) in [6, 6.07) is 10.7. The minimum absolute atomic E-state index is 0.0263. The van der Waals surface area contributed by atoms with Crippen molar-refractivity contribution >= 4 is 5.95 Å². The van der Waals surface area contributed by atoms with Crippen LogP contribution < -0.4 is 4.90 Å². The molecule has 0 spiro atoms. The van der Waals surface area contributed by atoms with Gasteiger partial charge in [0, 0.05) is 12.7 Å². The van der Waals surface area contributed by atoms with Crippen LogP contribution in [0.15, 0.2) is 42.6 Å². The van der Waals surface area contributed by atoms with Gasteiger partial charge < -0.3 is 4.90 Å². The van der Waals surface area contributed by atoms with E-state index in [-0.39, 0.29) is 12.0 Å². The van der Waals surface area contributed by atoms with E-state index in [2.05, 4.69) is 9.97 Å². The Bertz CT molecular complexity index is 628. The molecule has 3 rings (SSSR count). The third-order valence-corrected chi connectivity index (χ3v) is 3.88. The lowest BCUT2D eigenvalue weighted by molar-refractivity contribution is -0.141. The van der Waals surface area contributed by atoms with Gasteiger partial charge >= 0.3 is 6.18 Å². The number of halogens is 3. The summed E-state index contributed by atoms with van der Waals surface area (Å²) < 4.78 is 38.5. The second kappa shape index (κ2) is 5.94. The van der Waals surface area contributed by atoms with E-state index in [1.54, 1.807) is 0 Å². The topological polar surface area (TPSA) is 29.0 Å². The Morgan fingerprint density at radius 1 is 1.05 bits per heavy atom. The zero-order valence-corrected chi connectivity index (χ0v) is 11.9. The smallest absolute Gasteiger partial charge is 0.334 e. The third-order valence-electron chi connectivity index (χ3n) is 3.88. The van der Waals surface area contributed by atoms with Gasteiger partial charge in [-0.2, -0.15) is 13.2 Å². The quantitative estimate of drug-likeness (QED) is 0.831. The summed E-state index contributed by atoms with van der Waals surface area (Å²) in [6.07, 6.45) is -0.390. The Morgan fingerprint density at radius 3 is 2.55 bits per heavy atom.